The van der Waals surface area contributed by atoms with Crippen LogP contribution in [0.2, 0.25) is 0 Å². The van der Waals surface area contributed by atoms with E-state index in [9.17, 15) is 9.59 Å². The molecule has 0 bridgehead atoms. The van der Waals surface area contributed by atoms with Gasteiger partial charge in [-0.1, -0.05) is 35.9 Å². The average molecular weight is 297 g/mol. The van der Waals surface area contributed by atoms with Gasteiger partial charge in [-0.2, -0.15) is 0 Å². The van der Waals surface area contributed by atoms with Crippen molar-refractivity contribution in [2.45, 2.75) is 13.8 Å². The number of carbonyl (C=O) groups excluding carboxylic acids is 2. The molecule has 3 amide bonds. The zero-order chi connectivity index (χ0) is 15.9. The van der Waals surface area contributed by atoms with E-state index < -0.39 is 11.9 Å². The topological polar surface area (TPSA) is 70.2 Å². The fourth-order valence-electron chi connectivity index (χ4n) is 2.02. The number of hydrogen-bond donors (Lipinski definition) is 3. The first-order valence-corrected chi connectivity index (χ1v) is 7.01. The Morgan fingerprint density at radius 1 is 1.00 bits per heavy atom. The van der Waals surface area contributed by atoms with Crippen LogP contribution in [-0.4, -0.2) is 18.5 Å². The van der Waals surface area contributed by atoms with Crippen LogP contribution in [0.3, 0.4) is 0 Å². The second-order valence-electron chi connectivity index (χ2n) is 5.04. The van der Waals surface area contributed by atoms with Gasteiger partial charge in [-0.05, 0) is 37.6 Å². The lowest BCUT2D eigenvalue weighted by Crippen LogP contribution is -2.38. The molecule has 0 saturated heterocycles. The highest BCUT2D eigenvalue weighted by Crippen LogP contribution is 2.15. The molecule has 0 spiro atoms. The summed E-state index contributed by atoms with van der Waals surface area (Å²) >= 11 is 0. The van der Waals surface area contributed by atoms with Gasteiger partial charge in [0.1, 0.15) is 0 Å². The summed E-state index contributed by atoms with van der Waals surface area (Å²) in [4.78, 5) is 23.5. The molecule has 0 fully saturated rings. The third-order valence-corrected chi connectivity index (χ3v) is 3.11. The van der Waals surface area contributed by atoms with Gasteiger partial charge in [0.15, 0.2) is 0 Å². The molecule has 0 heterocycles. The molecule has 0 aromatic heterocycles. The van der Waals surface area contributed by atoms with Crippen molar-refractivity contribution in [2.24, 2.45) is 0 Å². The molecule has 0 aliphatic carbocycles. The van der Waals surface area contributed by atoms with Gasteiger partial charge >= 0.3 is 6.03 Å². The van der Waals surface area contributed by atoms with Crippen LogP contribution in [0.4, 0.5) is 16.2 Å². The summed E-state index contributed by atoms with van der Waals surface area (Å²) in [5.41, 5.74) is 3.58. The van der Waals surface area contributed by atoms with Gasteiger partial charge in [0.25, 0.3) is 0 Å². The quantitative estimate of drug-likeness (QED) is 0.812. The van der Waals surface area contributed by atoms with E-state index in [1.54, 1.807) is 0 Å². The largest absolute Gasteiger partial charge is 0.376 e. The van der Waals surface area contributed by atoms with Crippen LogP contribution in [0.1, 0.15) is 11.1 Å². The lowest BCUT2D eigenvalue weighted by atomic mass is 10.1. The number of para-hydroxylation sites is 1. The molecule has 22 heavy (non-hydrogen) atoms. The molecule has 2 aromatic rings. The van der Waals surface area contributed by atoms with E-state index in [2.05, 4.69) is 16.0 Å². The molecule has 0 aliphatic rings. The monoisotopic (exact) mass is 297 g/mol. The summed E-state index contributed by atoms with van der Waals surface area (Å²) in [7, 11) is 0. The summed E-state index contributed by atoms with van der Waals surface area (Å²) in [6.07, 6.45) is 0. The highest BCUT2D eigenvalue weighted by molar-refractivity contribution is 6.02. The van der Waals surface area contributed by atoms with Crippen LogP contribution in [0.15, 0.2) is 48.5 Å². The molecule has 2 rings (SSSR count). The second-order valence-corrected chi connectivity index (χ2v) is 5.04. The maximum Gasteiger partial charge on any atom is 0.325 e. The minimum absolute atomic E-state index is 0.0321. The standard InChI is InChI=1S/C17H19N3O2/c1-12-8-9-15(13(2)10-12)19-17(22)20-16(21)11-18-14-6-4-3-5-7-14/h3-10,18H,11H2,1-2H3,(H2,19,20,21,22). The summed E-state index contributed by atoms with van der Waals surface area (Å²) in [6, 6.07) is 14.5. The summed E-state index contributed by atoms with van der Waals surface area (Å²) < 4.78 is 0. The van der Waals surface area contributed by atoms with Gasteiger partial charge in [0.05, 0.1) is 6.54 Å². The molecule has 0 unspecified atom stereocenters. The smallest absolute Gasteiger partial charge is 0.325 e. The van der Waals surface area contributed by atoms with Gasteiger partial charge in [0, 0.05) is 11.4 Å². The van der Waals surface area contributed by atoms with E-state index in [4.69, 9.17) is 0 Å². The molecule has 0 saturated carbocycles. The van der Waals surface area contributed by atoms with Gasteiger partial charge in [0.2, 0.25) is 5.91 Å². The SMILES string of the molecule is Cc1ccc(NC(=O)NC(=O)CNc2ccccc2)c(C)c1. The Balaban J connectivity index is 1.82. The number of carbonyl (C=O) groups is 2. The minimum atomic E-state index is -0.535. The lowest BCUT2D eigenvalue weighted by Gasteiger charge is -2.10. The minimum Gasteiger partial charge on any atom is -0.376 e. The first kappa shape index (κ1) is 15.6. The number of amides is 3. The summed E-state index contributed by atoms with van der Waals surface area (Å²) in [5, 5.41) is 7.90. The molecule has 5 nitrogen and oxygen atoms in total. The van der Waals surface area contributed by atoms with Crippen molar-refractivity contribution in [3.05, 3.63) is 59.7 Å². The molecule has 0 radical (unpaired) electrons. The molecule has 5 heteroatoms. The van der Waals surface area contributed by atoms with E-state index in [-0.39, 0.29) is 6.54 Å². The number of rotatable bonds is 4. The van der Waals surface area contributed by atoms with E-state index in [0.717, 1.165) is 16.8 Å². The third kappa shape index (κ3) is 4.63. The maximum absolute atomic E-state index is 11.8. The van der Waals surface area contributed by atoms with Crippen LogP contribution in [0, 0.1) is 13.8 Å². The Bertz CT molecular complexity index is 669. The highest BCUT2D eigenvalue weighted by Gasteiger charge is 2.09. The Morgan fingerprint density at radius 3 is 2.41 bits per heavy atom. The Hall–Kier alpha value is -2.82. The fourth-order valence-corrected chi connectivity index (χ4v) is 2.02. The van der Waals surface area contributed by atoms with Crippen LogP contribution in [0.5, 0.6) is 0 Å². The molecular weight excluding hydrogens is 278 g/mol. The Morgan fingerprint density at radius 2 is 1.73 bits per heavy atom. The predicted octanol–water partition coefficient (Wildman–Crippen LogP) is 3.06. The normalized spacial score (nSPS) is 9.91. The summed E-state index contributed by atoms with van der Waals surface area (Å²) in [6.45, 7) is 3.92. The van der Waals surface area contributed by atoms with E-state index in [1.807, 2.05) is 62.4 Å². The van der Waals surface area contributed by atoms with Crippen LogP contribution in [0.25, 0.3) is 0 Å². The molecule has 3 N–H and O–H groups in total. The number of imide groups is 1. The maximum atomic E-state index is 11.8. The van der Waals surface area contributed by atoms with Crippen molar-refractivity contribution in [3.8, 4) is 0 Å². The first-order valence-electron chi connectivity index (χ1n) is 7.01. The fraction of sp³-hybridized carbons (Fsp3) is 0.176. The van der Waals surface area contributed by atoms with Crippen molar-refractivity contribution in [3.63, 3.8) is 0 Å². The molecule has 0 aliphatic heterocycles. The lowest BCUT2D eigenvalue weighted by molar-refractivity contribution is -0.118. The molecular formula is C17H19N3O2. The average Bonchev–Trinajstić information content (AvgIpc) is 2.49. The third-order valence-electron chi connectivity index (χ3n) is 3.11. The Kier molecular flexibility index (Phi) is 5.14. The number of urea groups is 1. The van der Waals surface area contributed by atoms with Crippen molar-refractivity contribution < 1.29 is 9.59 Å². The number of nitrogens with one attached hydrogen (secondary N) is 3. The number of aryl methyl sites for hydroxylation is 2. The number of anilines is 2. The van der Waals surface area contributed by atoms with Crippen molar-refractivity contribution in [1.82, 2.24) is 5.32 Å². The zero-order valence-electron chi connectivity index (χ0n) is 12.6. The van der Waals surface area contributed by atoms with E-state index in [1.165, 1.54) is 0 Å². The van der Waals surface area contributed by atoms with Crippen molar-refractivity contribution in [2.75, 3.05) is 17.2 Å². The van der Waals surface area contributed by atoms with Gasteiger partial charge in [-0.3, -0.25) is 10.1 Å². The van der Waals surface area contributed by atoms with E-state index in [0.29, 0.717) is 5.69 Å². The van der Waals surface area contributed by atoms with Crippen LogP contribution >= 0.6 is 0 Å². The van der Waals surface area contributed by atoms with Crippen LogP contribution in [-0.2, 0) is 4.79 Å². The summed E-state index contributed by atoms with van der Waals surface area (Å²) in [5.74, 6) is -0.397. The molecule has 0 atom stereocenters. The number of hydrogen-bond acceptors (Lipinski definition) is 3. The molecule has 114 valence electrons. The molecule has 2 aromatic carbocycles. The first-order chi connectivity index (χ1) is 10.5. The van der Waals surface area contributed by atoms with Gasteiger partial charge < -0.3 is 10.6 Å². The van der Waals surface area contributed by atoms with Crippen LogP contribution < -0.4 is 16.0 Å². The van der Waals surface area contributed by atoms with Gasteiger partial charge in [-0.25, -0.2) is 4.79 Å². The highest BCUT2D eigenvalue weighted by atomic mass is 16.2. The van der Waals surface area contributed by atoms with Crippen molar-refractivity contribution in [1.29, 1.82) is 0 Å². The Labute approximate surface area is 129 Å². The van der Waals surface area contributed by atoms with Crippen molar-refractivity contribution >= 4 is 23.3 Å². The zero-order valence-corrected chi connectivity index (χ0v) is 12.6. The number of benzene rings is 2. The second kappa shape index (κ2) is 7.26. The van der Waals surface area contributed by atoms with Gasteiger partial charge in [-0.15, -0.1) is 0 Å². The predicted molar refractivity (Wildman–Crippen MR) is 88.0 cm³/mol. The van der Waals surface area contributed by atoms with E-state index >= 15 is 0 Å².